The molecule has 5 atom stereocenters. The van der Waals surface area contributed by atoms with Gasteiger partial charge in [-0.25, -0.2) is 13.2 Å². The fraction of sp³-hybridized carbons (Fsp3) is 0.639. The lowest BCUT2D eigenvalue weighted by Crippen LogP contribution is -2.58. The van der Waals surface area contributed by atoms with Crippen LogP contribution < -0.4 is 15.4 Å². The van der Waals surface area contributed by atoms with Crippen LogP contribution in [0.15, 0.2) is 30.4 Å². The second-order valence-electron chi connectivity index (χ2n) is 15.9. The Morgan fingerprint density at radius 2 is 1.80 bits per heavy atom. The topological polar surface area (TPSA) is 171 Å². The molecule has 3 N–H and O–H groups in total. The molecule has 0 aromatic heterocycles. The molecule has 2 saturated carbocycles. The molecule has 1 aromatic rings. The van der Waals surface area contributed by atoms with Crippen molar-refractivity contribution in [3.05, 3.63) is 46.5 Å². The number of benzene rings is 1. The summed E-state index contributed by atoms with van der Waals surface area (Å²) in [5, 5.41) is 5.67. The minimum absolute atomic E-state index is 0.0445. The summed E-state index contributed by atoms with van der Waals surface area (Å²) in [7, 11) is -3.89. The second-order valence-corrected chi connectivity index (χ2v) is 18.3. The molecule has 3 aliphatic heterocycles. The number of ether oxygens (including phenoxy) is 1. The number of allylic oxidation sites excluding steroid dienone is 1. The Morgan fingerprint density at radius 3 is 2.53 bits per heavy atom. The molecule has 1 aromatic carbocycles. The molecule has 2 aliphatic carbocycles. The summed E-state index contributed by atoms with van der Waals surface area (Å²) in [6.07, 6.45) is 6.91. The van der Waals surface area contributed by atoms with E-state index in [9.17, 15) is 32.4 Å². The number of amides is 5. The summed E-state index contributed by atoms with van der Waals surface area (Å²) in [5.41, 5.74) is 0.0152. The lowest BCUT2D eigenvalue weighted by Gasteiger charge is -2.30. The van der Waals surface area contributed by atoms with E-state index in [2.05, 4.69) is 15.4 Å². The largest absolute Gasteiger partial charge is 0.444 e. The Morgan fingerprint density at radius 1 is 1.06 bits per heavy atom. The average Bonchev–Trinajstić information content (AvgIpc) is 3.93. The van der Waals surface area contributed by atoms with E-state index in [1.807, 2.05) is 39.0 Å². The van der Waals surface area contributed by atoms with Gasteiger partial charge in [-0.2, -0.15) is 0 Å². The number of nitrogens with zero attached hydrogens (tertiary/aromatic N) is 2. The molecule has 51 heavy (non-hydrogen) atoms. The van der Waals surface area contributed by atoms with E-state index in [1.165, 1.54) is 9.80 Å². The summed E-state index contributed by atoms with van der Waals surface area (Å²) in [6.45, 7) is 6.31. The lowest BCUT2D eigenvalue weighted by atomic mass is 9.91. The van der Waals surface area contributed by atoms with Gasteiger partial charge in [0.05, 0.1) is 11.8 Å². The zero-order valence-corrected chi connectivity index (χ0v) is 31.0. The van der Waals surface area contributed by atoms with E-state index in [0.717, 1.165) is 24.0 Å². The zero-order valence-electron chi connectivity index (χ0n) is 29.4. The van der Waals surface area contributed by atoms with Crippen LogP contribution in [0.1, 0.15) is 96.1 Å². The Hall–Kier alpha value is -3.65. The SMILES string of the molecule is CC(C)(C)CC(=O)N[C@H]1CCCCCC=C[C@@H]2C[C@@]2(C(=O)NS(=O)(=O)C2CC2)NC(=O)[C@@H]2C[C@@H](OC(=O)N3Cc4ccc(Cl)cc4C3)CN2C1=O. The van der Waals surface area contributed by atoms with Crippen molar-refractivity contribution < 1.29 is 37.1 Å². The van der Waals surface area contributed by atoms with Crippen LogP contribution in [-0.4, -0.2) is 83.5 Å². The van der Waals surface area contributed by atoms with Gasteiger partial charge in [0.25, 0.3) is 5.91 Å². The first-order valence-corrected chi connectivity index (χ1v) is 19.8. The maximum Gasteiger partial charge on any atom is 0.410 e. The van der Waals surface area contributed by atoms with Gasteiger partial charge in [-0.15, -0.1) is 0 Å². The highest BCUT2D eigenvalue weighted by Gasteiger charge is 2.62. The van der Waals surface area contributed by atoms with E-state index in [4.69, 9.17) is 16.3 Å². The summed E-state index contributed by atoms with van der Waals surface area (Å²) < 4.78 is 33.6. The van der Waals surface area contributed by atoms with Crippen LogP contribution in [0, 0.1) is 11.3 Å². The van der Waals surface area contributed by atoms with Gasteiger partial charge in [0.2, 0.25) is 27.7 Å². The Bertz CT molecular complexity index is 1720. The quantitative estimate of drug-likeness (QED) is 0.370. The lowest BCUT2D eigenvalue weighted by molar-refractivity contribution is -0.142. The molecular weight excluding hydrogens is 698 g/mol. The number of carbonyl (C=O) groups excluding carboxylic acids is 5. The van der Waals surface area contributed by atoms with Crippen molar-refractivity contribution >= 4 is 51.3 Å². The minimum atomic E-state index is -3.89. The highest BCUT2D eigenvalue weighted by atomic mass is 35.5. The number of halogens is 1. The molecular formula is C36H48ClN5O8S. The second kappa shape index (κ2) is 14.4. The standard InChI is InChI=1S/C36H48ClN5O8S/c1-35(2,3)18-30(43)38-28-10-8-6-4-5-7-9-24-17-36(24,33(46)40-51(48,49)27-13-14-27)39-31(44)29-16-26(21-42(29)32(28)45)50-34(47)41-19-22-11-12-25(37)15-23(22)20-41/h7,9,11-12,15,24,26-29H,4-6,8,10,13-14,16-21H2,1-3H3,(H,38,43)(H,39,44)(H,40,46)/t24-,26-,28+,29+,36-/m1/s1. The Balaban J connectivity index is 1.25. The average molecular weight is 746 g/mol. The van der Waals surface area contributed by atoms with E-state index in [0.29, 0.717) is 50.2 Å². The van der Waals surface area contributed by atoms with E-state index in [-0.39, 0.29) is 37.1 Å². The summed E-state index contributed by atoms with van der Waals surface area (Å²) in [4.78, 5) is 71.5. The van der Waals surface area contributed by atoms with Gasteiger partial charge < -0.3 is 20.3 Å². The van der Waals surface area contributed by atoms with Crippen molar-refractivity contribution in [2.24, 2.45) is 11.3 Å². The van der Waals surface area contributed by atoms with Crippen LogP contribution in [0.25, 0.3) is 0 Å². The maximum absolute atomic E-state index is 14.4. The van der Waals surface area contributed by atoms with Crippen molar-refractivity contribution in [2.45, 2.75) is 127 Å². The smallest absolute Gasteiger partial charge is 0.410 e. The van der Waals surface area contributed by atoms with Crippen molar-refractivity contribution in [1.29, 1.82) is 0 Å². The highest BCUT2D eigenvalue weighted by Crippen LogP contribution is 2.46. The molecule has 3 fully saturated rings. The first-order chi connectivity index (χ1) is 24.0. The first kappa shape index (κ1) is 37.1. The fourth-order valence-corrected chi connectivity index (χ4v) is 8.84. The highest BCUT2D eigenvalue weighted by molar-refractivity contribution is 7.91. The molecule has 0 bridgehead atoms. The van der Waals surface area contributed by atoms with Gasteiger partial charge in [0.15, 0.2) is 0 Å². The van der Waals surface area contributed by atoms with Crippen LogP contribution in [0.2, 0.25) is 5.02 Å². The number of carbonyl (C=O) groups is 5. The minimum Gasteiger partial charge on any atom is -0.444 e. The number of fused-ring (bicyclic) bond motifs is 3. The fourth-order valence-electron chi connectivity index (χ4n) is 7.28. The van der Waals surface area contributed by atoms with Crippen LogP contribution in [0.5, 0.6) is 0 Å². The zero-order chi connectivity index (χ0) is 36.7. The van der Waals surface area contributed by atoms with Crippen molar-refractivity contribution in [2.75, 3.05) is 6.54 Å². The Kier molecular flexibility index (Phi) is 10.5. The molecule has 3 heterocycles. The van der Waals surface area contributed by atoms with Crippen molar-refractivity contribution in [3.8, 4) is 0 Å². The van der Waals surface area contributed by atoms with E-state index in [1.54, 1.807) is 12.1 Å². The normalized spacial score (nSPS) is 28.4. The molecule has 0 spiro atoms. The van der Waals surface area contributed by atoms with Gasteiger partial charge in [0.1, 0.15) is 23.7 Å². The van der Waals surface area contributed by atoms with Crippen molar-refractivity contribution in [1.82, 2.24) is 25.2 Å². The third-order valence-corrected chi connectivity index (χ3v) is 12.3. The first-order valence-electron chi connectivity index (χ1n) is 17.9. The number of nitrogens with one attached hydrogen (secondary N) is 3. The predicted molar refractivity (Wildman–Crippen MR) is 188 cm³/mol. The van der Waals surface area contributed by atoms with Gasteiger partial charge in [-0.05, 0) is 67.2 Å². The van der Waals surface area contributed by atoms with Gasteiger partial charge in [0, 0.05) is 36.9 Å². The van der Waals surface area contributed by atoms with Crippen LogP contribution >= 0.6 is 11.6 Å². The predicted octanol–water partition coefficient (Wildman–Crippen LogP) is 3.69. The van der Waals surface area contributed by atoms with Crippen LogP contribution in [0.4, 0.5) is 4.79 Å². The third-order valence-electron chi connectivity index (χ3n) is 10.3. The molecule has 6 rings (SSSR count). The molecule has 5 aliphatic rings. The van der Waals surface area contributed by atoms with Crippen LogP contribution in [-0.2, 0) is 47.0 Å². The molecule has 0 radical (unpaired) electrons. The third kappa shape index (κ3) is 8.70. The monoisotopic (exact) mass is 745 g/mol. The molecule has 278 valence electrons. The van der Waals surface area contributed by atoms with Crippen molar-refractivity contribution in [3.63, 3.8) is 0 Å². The molecule has 15 heteroatoms. The van der Waals surface area contributed by atoms with Gasteiger partial charge >= 0.3 is 6.09 Å². The number of rotatable bonds is 6. The molecule has 5 amide bonds. The molecule has 0 unspecified atom stereocenters. The van der Waals surface area contributed by atoms with E-state index < -0.39 is 68.7 Å². The summed E-state index contributed by atoms with van der Waals surface area (Å²) in [6, 6.07) is 3.35. The summed E-state index contributed by atoms with van der Waals surface area (Å²) in [5.74, 6) is -2.66. The summed E-state index contributed by atoms with van der Waals surface area (Å²) >= 11 is 6.15. The van der Waals surface area contributed by atoms with Gasteiger partial charge in [-0.3, -0.25) is 28.8 Å². The molecule has 1 saturated heterocycles. The van der Waals surface area contributed by atoms with Gasteiger partial charge in [-0.1, -0.05) is 63.4 Å². The maximum atomic E-state index is 14.4. The Labute approximate surface area is 304 Å². The van der Waals surface area contributed by atoms with Crippen LogP contribution in [0.3, 0.4) is 0 Å². The van der Waals surface area contributed by atoms with E-state index >= 15 is 0 Å². The number of sulfonamides is 1. The number of hydrogen-bond acceptors (Lipinski definition) is 8. The molecule has 13 nitrogen and oxygen atoms in total. The number of hydrogen-bond donors (Lipinski definition) is 3.